The number of hydrogen-bond donors (Lipinski definition) is 1. The molecule has 0 aromatic heterocycles. The molecule has 1 aromatic carbocycles. The Bertz CT molecular complexity index is 372. The smallest absolute Gasteiger partial charge is 0.0375 e. The lowest BCUT2D eigenvalue weighted by atomic mass is 10.1. The van der Waals surface area contributed by atoms with Crippen LogP contribution in [0.4, 0.5) is 5.69 Å². The van der Waals surface area contributed by atoms with Crippen LogP contribution < -0.4 is 10.6 Å². The van der Waals surface area contributed by atoms with Crippen molar-refractivity contribution >= 4 is 21.6 Å². The Labute approximate surface area is 106 Å². The van der Waals surface area contributed by atoms with Gasteiger partial charge in [0.1, 0.15) is 0 Å². The Morgan fingerprint density at radius 3 is 2.69 bits per heavy atom. The van der Waals surface area contributed by atoms with E-state index in [1.54, 1.807) is 0 Å². The maximum Gasteiger partial charge on any atom is 0.0375 e. The fraction of sp³-hybridized carbons (Fsp3) is 0.538. The Hall–Kier alpha value is -0.540. The van der Waals surface area contributed by atoms with Crippen LogP contribution in [-0.4, -0.2) is 13.6 Å². The van der Waals surface area contributed by atoms with Crippen LogP contribution in [0.25, 0.3) is 0 Å². The molecule has 1 aliphatic carbocycles. The minimum absolute atomic E-state index is 0.0807. The summed E-state index contributed by atoms with van der Waals surface area (Å²) < 4.78 is 1.11. The fourth-order valence-electron chi connectivity index (χ4n) is 1.92. The highest BCUT2D eigenvalue weighted by Gasteiger charge is 2.23. The van der Waals surface area contributed by atoms with Crippen LogP contribution in [0, 0.1) is 5.92 Å². The first-order valence-electron chi connectivity index (χ1n) is 5.84. The van der Waals surface area contributed by atoms with Gasteiger partial charge in [0, 0.05) is 29.8 Å². The van der Waals surface area contributed by atoms with Crippen LogP contribution in [0.15, 0.2) is 22.7 Å². The maximum absolute atomic E-state index is 5.89. The van der Waals surface area contributed by atoms with E-state index in [9.17, 15) is 0 Å². The first-order chi connectivity index (χ1) is 7.58. The molecule has 16 heavy (non-hydrogen) atoms. The molecular weight excluding hydrogens is 264 g/mol. The number of benzene rings is 1. The van der Waals surface area contributed by atoms with Gasteiger partial charge in [0.05, 0.1) is 0 Å². The zero-order valence-electron chi connectivity index (χ0n) is 9.91. The molecule has 0 unspecified atom stereocenters. The number of nitrogens with zero attached hydrogens (tertiary/aromatic N) is 1. The van der Waals surface area contributed by atoms with Crippen LogP contribution in [0.5, 0.6) is 0 Å². The van der Waals surface area contributed by atoms with E-state index in [1.807, 2.05) is 6.92 Å². The zero-order valence-corrected chi connectivity index (χ0v) is 11.5. The van der Waals surface area contributed by atoms with E-state index < -0.39 is 0 Å². The Kier molecular flexibility index (Phi) is 3.55. The summed E-state index contributed by atoms with van der Waals surface area (Å²) in [5.41, 5.74) is 8.32. The Balaban J connectivity index is 2.12. The third kappa shape index (κ3) is 2.77. The summed E-state index contributed by atoms with van der Waals surface area (Å²) in [6.45, 7) is 3.18. The quantitative estimate of drug-likeness (QED) is 0.918. The third-order valence-corrected chi connectivity index (χ3v) is 3.83. The summed E-state index contributed by atoms with van der Waals surface area (Å²) in [6, 6.07) is 6.53. The van der Waals surface area contributed by atoms with Crippen molar-refractivity contribution in [2.45, 2.75) is 25.8 Å². The van der Waals surface area contributed by atoms with E-state index >= 15 is 0 Å². The molecule has 0 aliphatic heterocycles. The number of anilines is 1. The first-order valence-corrected chi connectivity index (χ1v) is 6.63. The van der Waals surface area contributed by atoms with Gasteiger partial charge >= 0.3 is 0 Å². The molecule has 88 valence electrons. The number of hydrogen-bond acceptors (Lipinski definition) is 2. The van der Waals surface area contributed by atoms with Gasteiger partial charge in [-0.25, -0.2) is 0 Å². The second-order valence-corrected chi connectivity index (χ2v) is 5.67. The highest BCUT2D eigenvalue weighted by molar-refractivity contribution is 9.10. The molecule has 0 saturated heterocycles. The van der Waals surface area contributed by atoms with Crippen molar-refractivity contribution in [3.05, 3.63) is 28.2 Å². The van der Waals surface area contributed by atoms with E-state index in [0.717, 1.165) is 10.4 Å². The average molecular weight is 283 g/mol. The van der Waals surface area contributed by atoms with Crippen molar-refractivity contribution in [1.82, 2.24) is 0 Å². The fourth-order valence-corrected chi connectivity index (χ4v) is 2.64. The molecule has 0 bridgehead atoms. The Morgan fingerprint density at radius 1 is 1.50 bits per heavy atom. The monoisotopic (exact) mass is 282 g/mol. The molecule has 1 aliphatic rings. The number of halogens is 1. The molecule has 1 atom stereocenters. The van der Waals surface area contributed by atoms with E-state index in [0.29, 0.717) is 0 Å². The average Bonchev–Trinajstić information content (AvgIpc) is 3.00. The first kappa shape index (κ1) is 11.9. The summed E-state index contributed by atoms with van der Waals surface area (Å²) in [7, 11) is 2.16. The highest BCUT2D eigenvalue weighted by atomic mass is 79.9. The standard InChI is InChI=1S/C13H19BrN2/c1-9(15)12-6-5-11(7-13(12)14)16(2)8-10-3-4-10/h5-7,9-10H,3-4,8,15H2,1-2H3/t9-/m1/s1. The molecule has 2 N–H and O–H groups in total. The molecule has 0 heterocycles. The van der Waals surface area contributed by atoms with Crippen molar-refractivity contribution in [3.8, 4) is 0 Å². The van der Waals surface area contributed by atoms with Crippen molar-refractivity contribution in [2.24, 2.45) is 11.7 Å². The van der Waals surface area contributed by atoms with Gasteiger partial charge in [-0.3, -0.25) is 0 Å². The van der Waals surface area contributed by atoms with Gasteiger partial charge in [-0.05, 0) is 43.4 Å². The molecule has 2 rings (SSSR count). The summed E-state index contributed by atoms with van der Waals surface area (Å²) in [5, 5.41) is 0. The second kappa shape index (κ2) is 4.76. The number of rotatable bonds is 4. The van der Waals surface area contributed by atoms with Gasteiger partial charge in [-0.15, -0.1) is 0 Å². The van der Waals surface area contributed by atoms with Gasteiger partial charge in [0.25, 0.3) is 0 Å². The van der Waals surface area contributed by atoms with E-state index in [-0.39, 0.29) is 6.04 Å². The lowest BCUT2D eigenvalue weighted by Gasteiger charge is -2.20. The van der Waals surface area contributed by atoms with Crippen molar-refractivity contribution in [3.63, 3.8) is 0 Å². The van der Waals surface area contributed by atoms with Crippen molar-refractivity contribution < 1.29 is 0 Å². The normalized spacial score (nSPS) is 17.2. The van der Waals surface area contributed by atoms with Gasteiger partial charge in [-0.2, -0.15) is 0 Å². The summed E-state index contributed by atoms with van der Waals surface area (Å²) in [6.07, 6.45) is 2.78. The van der Waals surface area contributed by atoms with Gasteiger partial charge < -0.3 is 10.6 Å². The summed E-state index contributed by atoms with van der Waals surface area (Å²) in [5.74, 6) is 0.914. The molecule has 3 heteroatoms. The molecule has 1 aromatic rings. The molecule has 0 amide bonds. The Morgan fingerprint density at radius 2 is 2.19 bits per heavy atom. The second-order valence-electron chi connectivity index (χ2n) is 4.82. The topological polar surface area (TPSA) is 29.3 Å². The number of nitrogens with two attached hydrogens (primary N) is 1. The SMILES string of the molecule is C[C@@H](N)c1ccc(N(C)CC2CC2)cc1Br. The maximum atomic E-state index is 5.89. The van der Waals surface area contributed by atoms with Crippen LogP contribution in [0.3, 0.4) is 0 Å². The summed E-state index contributed by atoms with van der Waals surface area (Å²) in [4.78, 5) is 2.33. The van der Waals surface area contributed by atoms with Crippen LogP contribution in [0.1, 0.15) is 31.4 Å². The molecule has 0 spiro atoms. The molecule has 1 saturated carbocycles. The summed E-state index contributed by atoms with van der Waals surface area (Å²) >= 11 is 3.59. The largest absolute Gasteiger partial charge is 0.374 e. The molecule has 1 fully saturated rings. The predicted octanol–water partition coefficient (Wildman–Crippen LogP) is 3.32. The predicted molar refractivity (Wildman–Crippen MR) is 72.7 cm³/mol. The van der Waals surface area contributed by atoms with Gasteiger partial charge in [0.2, 0.25) is 0 Å². The highest BCUT2D eigenvalue weighted by Crippen LogP contribution is 2.32. The minimum atomic E-state index is 0.0807. The minimum Gasteiger partial charge on any atom is -0.374 e. The molecular formula is C13H19BrN2. The molecule has 2 nitrogen and oxygen atoms in total. The lowest BCUT2D eigenvalue weighted by Crippen LogP contribution is -2.20. The van der Waals surface area contributed by atoms with Crippen molar-refractivity contribution in [1.29, 1.82) is 0 Å². The molecule has 0 radical (unpaired) electrons. The van der Waals surface area contributed by atoms with Crippen LogP contribution >= 0.6 is 15.9 Å². The van der Waals surface area contributed by atoms with E-state index in [2.05, 4.69) is 46.1 Å². The van der Waals surface area contributed by atoms with Crippen molar-refractivity contribution in [2.75, 3.05) is 18.5 Å². The zero-order chi connectivity index (χ0) is 11.7. The third-order valence-electron chi connectivity index (χ3n) is 3.14. The van der Waals surface area contributed by atoms with E-state index in [4.69, 9.17) is 5.73 Å². The van der Waals surface area contributed by atoms with E-state index in [1.165, 1.54) is 30.6 Å². The van der Waals surface area contributed by atoms with Gasteiger partial charge in [-0.1, -0.05) is 22.0 Å². The lowest BCUT2D eigenvalue weighted by molar-refractivity contribution is 0.783. The van der Waals surface area contributed by atoms with Crippen LogP contribution in [-0.2, 0) is 0 Å². The van der Waals surface area contributed by atoms with Crippen LogP contribution in [0.2, 0.25) is 0 Å². The van der Waals surface area contributed by atoms with Gasteiger partial charge in [0.15, 0.2) is 0 Å².